The third-order valence-electron chi connectivity index (χ3n) is 4.47. The molecule has 2 aromatic rings. The predicted octanol–water partition coefficient (Wildman–Crippen LogP) is 2.20. The summed E-state index contributed by atoms with van der Waals surface area (Å²) in [6.45, 7) is 5.74. The van der Waals surface area contributed by atoms with Crippen molar-refractivity contribution >= 4 is 5.91 Å². The van der Waals surface area contributed by atoms with Crippen LogP contribution in [0.5, 0.6) is 0 Å². The summed E-state index contributed by atoms with van der Waals surface area (Å²) in [7, 11) is 1.84. The number of aromatic amines is 1. The summed E-state index contributed by atoms with van der Waals surface area (Å²) in [5.41, 5.74) is 4.99. The molecule has 0 bridgehead atoms. The number of nitrogens with zero attached hydrogens (tertiary/aromatic N) is 2. The Morgan fingerprint density at radius 1 is 1.32 bits per heavy atom. The van der Waals surface area contributed by atoms with Gasteiger partial charge in [-0.3, -0.25) is 9.89 Å². The molecule has 1 aliphatic rings. The van der Waals surface area contributed by atoms with E-state index in [9.17, 15) is 4.79 Å². The largest absolute Gasteiger partial charge is 0.334 e. The molecule has 0 saturated heterocycles. The SMILES string of the molecule is Cc1ccc(C(C)N(C)C(=O)c2n[nH]c3c2CNCC3)cc1. The van der Waals surface area contributed by atoms with Crippen molar-refractivity contribution in [2.75, 3.05) is 13.6 Å². The molecule has 1 aliphatic heterocycles. The Kier molecular flexibility index (Phi) is 3.98. The molecule has 0 radical (unpaired) electrons. The fraction of sp³-hybridized carbons (Fsp3) is 0.412. The fourth-order valence-corrected chi connectivity index (χ4v) is 2.81. The van der Waals surface area contributed by atoms with Crippen LogP contribution < -0.4 is 5.32 Å². The number of amides is 1. The fourth-order valence-electron chi connectivity index (χ4n) is 2.81. The second-order valence-corrected chi connectivity index (χ2v) is 5.96. The van der Waals surface area contributed by atoms with Gasteiger partial charge in [0.05, 0.1) is 6.04 Å². The predicted molar refractivity (Wildman–Crippen MR) is 85.7 cm³/mol. The number of carbonyl (C=O) groups is 1. The van der Waals surface area contributed by atoms with Gasteiger partial charge in [-0.25, -0.2) is 0 Å². The molecule has 116 valence electrons. The zero-order valence-electron chi connectivity index (χ0n) is 13.3. The number of rotatable bonds is 3. The number of fused-ring (bicyclic) bond motifs is 1. The first kappa shape index (κ1) is 14.8. The first-order valence-corrected chi connectivity index (χ1v) is 7.68. The molecule has 0 saturated carbocycles. The standard InChI is InChI=1S/C17H22N4O/c1-11-4-6-13(7-5-11)12(2)21(3)17(22)16-14-10-18-9-8-15(14)19-20-16/h4-7,12,18H,8-10H2,1-3H3,(H,19,20). The molecule has 3 rings (SSSR count). The lowest BCUT2D eigenvalue weighted by Crippen LogP contribution is -2.32. The van der Waals surface area contributed by atoms with Gasteiger partial charge in [0.25, 0.3) is 5.91 Å². The van der Waals surface area contributed by atoms with Crippen molar-refractivity contribution in [2.45, 2.75) is 32.9 Å². The summed E-state index contributed by atoms with van der Waals surface area (Å²) < 4.78 is 0. The number of hydrogen-bond acceptors (Lipinski definition) is 3. The maximum absolute atomic E-state index is 12.8. The van der Waals surface area contributed by atoms with E-state index < -0.39 is 0 Å². The van der Waals surface area contributed by atoms with Crippen molar-refractivity contribution in [2.24, 2.45) is 0 Å². The van der Waals surface area contributed by atoms with Crippen molar-refractivity contribution < 1.29 is 4.79 Å². The summed E-state index contributed by atoms with van der Waals surface area (Å²) in [4.78, 5) is 14.5. The number of nitrogens with one attached hydrogen (secondary N) is 2. The smallest absolute Gasteiger partial charge is 0.274 e. The van der Waals surface area contributed by atoms with Crippen LogP contribution >= 0.6 is 0 Å². The highest BCUT2D eigenvalue weighted by atomic mass is 16.2. The lowest BCUT2D eigenvalue weighted by Gasteiger charge is -2.25. The van der Waals surface area contributed by atoms with Gasteiger partial charge >= 0.3 is 0 Å². The van der Waals surface area contributed by atoms with E-state index >= 15 is 0 Å². The lowest BCUT2D eigenvalue weighted by atomic mass is 10.0. The highest BCUT2D eigenvalue weighted by Gasteiger charge is 2.26. The molecule has 0 fully saturated rings. The minimum Gasteiger partial charge on any atom is -0.334 e. The maximum atomic E-state index is 12.8. The Balaban J connectivity index is 1.82. The minimum absolute atomic E-state index is 0.0111. The van der Waals surface area contributed by atoms with E-state index in [1.165, 1.54) is 5.56 Å². The Bertz CT molecular complexity index is 674. The van der Waals surface area contributed by atoms with Crippen molar-refractivity contribution in [1.29, 1.82) is 0 Å². The molecule has 1 amide bonds. The first-order valence-electron chi connectivity index (χ1n) is 7.68. The van der Waals surface area contributed by atoms with E-state index in [0.29, 0.717) is 12.2 Å². The van der Waals surface area contributed by atoms with Crippen LogP contribution in [0.1, 0.15) is 45.8 Å². The van der Waals surface area contributed by atoms with Gasteiger partial charge in [0.15, 0.2) is 5.69 Å². The lowest BCUT2D eigenvalue weighted by molar-refractivity contribution is 0.0735. The van der Waals surface area contributed by atoms with Crippen LogP contribution in [0.4, 0.5) is 0 Å². The van der Waals surface area contributed by atoms with Gasteiger partial charge < -0.3 is 10.2 Å². The highest BCUT2D eigenvalue weighted by Crippen LogP contribution is 2.23. The number of aromatic nitrogens is 2. The zero-order valence-corrected chi connectivity index (χ0v) is 13.3. The average molecular weight is 298 g/mol. The molecule has 1 atom stereocenters. The van der Waals surface area contributed by atoms with Crippen LogP contribution in [0, 0.1) is 6.92 Å². The highest BCUT2D eigenvalue weighted by molar-refractivity contribution is 5.94. The zero-order chi connectivity index (χ0) is 15.7. The molecule has 5 heteroatoms. The van der Waals surface area contributed by atoms with Gasteiger partial charge in [0.2, 0.25) is 0 Å². The molecule has 0 aliphatic carbocycles. The number of hydrogen-bond donors (Lipinski definition) is 2. The summed E-state index contributed by atoms with van der Waals surface area (Å²) in [5.74, 6) is -0.0331. The molecule has 22 heavy (non-hydrogen) atoms. The Morgan fingerprint density at radius 2 is 2.05 bits per heavy atom. The first-order chi connectivity index (χ1) is 10.6. The van der Waals surface area contributed by atoms with Gasteiger partial charge in [-0.1, -0.05) is 29.8 Å². The molecule has 1 aromatic carbocycles. The topological polar surface area (TPSA) is 61.0 Å². The van der Waals surface area contributed by atoms with Crippen molar-refractivity contribution in [3.8, 4) is 0 Å². The summed E-state index contributed by atoms with van der Waals surface area (Å²) >= 11 is 0. The van der Waals surface area contributed by atoms with Gasteiger partial charge in [0.1, 0.15) is 0 Å². The molecule has 2 N–H and O–H groups in total. The third kappa shape index (κ3) is 2.64. The molecule has 1 aromatic heterocycles. The van der Waals surface area contributed by atoms with Crippen molar-refractivity contribution in [1.82, 2.24) is 20.4 Å². The summed E-state index contributed by atoms with van der Waals surface area (Å²) in [6.07, 6.45) is 0.896. The van der Waals surface area contributed by atoms with Gasteiger partial charge in [0, 0.05) is 37.8 Å². The number of H-pyrrole nitrogens is 1. The van der Waals surface area contributed by atoms with E-state index in [-0.39, 0.29) is 11.9 Å². The van der Waals surface area contributed by atoms with Gasteiger partial charge in [-0.15, -0.1) is 0 Å². The second-order valence-electron chi connectivity index (χ2n) is 5.96. The molecule has 5 nitrogen and oxygen atoms in total. The van der Waals surface area contributed by atoms with Crippen LogP contribution in [0.2, 0.25) is 0 Å². The third-order valence-corrected chi connectivity index (χ3v) is 4.47. The van der Waals surface area contributed by atoms with Crippen LogP contribution in [-0.4, -0.2) is 34.6 Å². The molecular formula is C17H22N4O. The number of carbonyl (C=O) groups excluding carboxylic acids is 1. The molecule has 1 unspecified atom stereocenters. The van der Waals surface area contributed by atoms with Crippen LogP contribution in [0.15, 0.2) is 24.3 Å². The van der Waals surface area contributed by atoms with Gasteiger partial charge in [-0.05, 0) is 19.4 Å². The second kappa shape index (κ2) is 5.93. The van der Waals surface area contributed by atoms with E-state index in [1.807, 2.05) is 14.0 Å². The summed E-state index contributed by atoms with van der Waals surface area (Å²) in [6, 6.07) is 8.31. The van der Waals surface area contributed by atoms with Crippen molar-refractivity contribution in [3.05, 3.63) is 52.3 Å². The molecular weight excluding hydrogens is 276 g/mol. The Morgan fingerprint density at radius 3 is 2.77 bits per heavy atom. The number of benzene rings is 1. The van der Waals surface area contributed by atoms with E-state index in [1.54, 1.807) is 4.90 Å². The van der Waals surface area contributed by atoms with Crippen LogP contribution in [0.25, 0.3) is 0 Å². The molecule has 0 spiro atoms. The van der Waals surface area contributed by atoms with Crippen LogP contribution in [-0.2, 0) is 13.0 Å². The minimum atomic E-state index is -0.0331. The van der Waals surface area contributed by atoms with E-state index in [4.69, 9.17) is 0 Å². The van der Waals surface area contributed by atoms with E-state index in [2.05, 4.69) is 46.7 Å². The Hall–Kier alpha value is -2.14. The summed E-state index contributed by atoms with van der Waals surface area (Å²) in [5, 5.41) is 10.6. The Labute approximate surface area is 130 Å². The number of aryl methyl sites for hydroxylation is 1. The normalized spacial score (nSPS) is 15.2. The average Bonchev–Trinajstić information content (AvgIpc) is 2.97. The van der Waals surface area contributed by atoms with Crippen molar-refractivity contribution in [3.63, 3.8) is 0 Å². The van der Waals surface area contributed by atoms with E-state index in [0.717, 1.165) is 29.8 Å². The maximum Gasteiger partial charge on any atom is 0.274 e. The van der Waals surface area contributed by atoms with Gasteiger partial charge in [-0.2, -0.15) is 5.10 Å². The monoisotopic (exact) mass is 298 g/mol. The van der Waals surface area contributed by atoms with Crippen LogP contribution in [0.3, 0.4) is 0 Å². The quantitative estimate of drug-likeness (QED) is 0.913. The molecule has 2 heterocycles.